The van der Waals surface area contributed by atoms with Crippen LogP contribution in [0, 0.1) is 34.0 Å². The predicted octanol–water partition coefficient (Wildman–Crippen LogP) is 4.80. The summed E-state index contributed by atoms with van der Waals surface area (Å²) in [5.41, 5.74) is 0.972. The highest BCUT2D eigenvalue weighted by Gasteiger charge is 2.63. The normalized spacial score (nSPS) is 54.0. The lowest BCUT2D eigenvalue weighted by atomic mass is 9.43. The van der Waals surface area contributed by atoms with Crippen LogP contribution in [0.25, 0.3) is 0 Å². The second kappa shape index (κ2) is 4.35. The lowest BCUT2D eigenvalue weighted by molar-refractivity contribution is -0.165. The molecule has 3 rings (SSSR count). The third kappa shape index (κ3) is 1.65. The van der Waals surface area contributed by atoms with Gasteiger partial charge in [0.2, 0.25) is 0 Å². The second-order valence-electron chi connectivity index (χ2n) is 8.95. The van der Waals surface area contributed by atoms with Gasteiger partial charge in [-0.25, -0.2) is 0 Å². The average Bonchev–Trinajstić information content (AvgIpc) is 2.72. The molecule has 0 aromatic carbocycles. The Balaban J connectivity index is 1.99. The molecule has 20 heavy (non-hydrogen) atoms. The summed E-state index contributed by atoms with van der Waals surface area (Å²) in [5, 5.41) is 10.5. The topological polar surface area (TPSA) is 20.2 Å². The van der Waals surface area contributed by atoms with Crippen LogP contribution in [0.2, 0.25) is 0 Å². The molecule has 1 unspecified atom stereocenters. The molecular weight excluding hydrogens is 244 g/mol. The zero-order valence-electron chi connectivity index (χ0n) is 13.8. The molecule has 0 amide bonds. The Morgan fingerprint density at radius 1 is 0.900 bits per heavy atom. The fourth-order valence-corrected chi connectivity index (χ4v) is 6.74. The van der Waals surface area contributed by atoms with Crippen LogP contribution in [0.15, 0.2) is 12.7 Å². The SMILES string of the molecule is C=CC1CC[C@H]2[C@]3(C)CC[C@@H](O)C(C)(C)[C@H]3CC[C@]12C. The molecule has 1 nitrogen and oxygen atoms in total. The van der Waals surface area contributed by atoms with E-state index >= 15 is 0 Å². The molecule has 0 aliphatic heterocycles. The van der Waals surface area contributed by atoms with Crippen molar-refractivity contribution in [2.24, 2.45) is 34.0 Å². The van der Waals surface area contributed by atoms with E-state index in [1.165, 1.54) is 32.1 Å². The van der Waals surface area contributed by atoms with E-state index in [1.807, 2.05) is 0 Å². The molecule has 3 aliphatic rings. The smallest absolute Gasteiger partial charge is 0.0594 e. The van der Waals surface area contributed by atoms with Crippen molar-refractivity contribution >= 4 is 0 Å². The van der Waals surface area contributed by atoms with E-state index in [0.717, 1.165) is 12.3 Å². The first kappa shape index (κ1) is 14.6. The van der Waals surface area contributed by atoms with Crippen molar-refractivity contribution < 1.29 is 5.11 Å². The van der Waals surface area contributed by atoms with Crippen molar-refractivity contribution in [1.82, 2.24) is 0 Å². The molecule has 3 fully saturated rings. The Hall–Kier alpha value is -0.300. The summed E-state index contributed by atoms with van der Waals surface area (Å²) < 4.78 is 0. The third-order valence-electron chi connectivity index (χ3n) is 7.97. The van der Waals surface area contributed by atoms with E-state index < -0.39 is 0 Å². The van der Waals surface area contributed by atoms with Crippen LogP contribution in [0.1, 0.15) is 66.2 Å². The van der Waals surface area contributed by atoms with E-state index in [2.05, 4.69) is 40.3 Å². The van der Waals surface area contributed by atoms with Crippen LogP contribution in [0.3, 0.4) is 0 Å². The van der Waals surface area contributed by atoms with E-state index in [4.69, 9.17) is 0 Å². The quantitative estimate of drug-likeness (QED) is 0.682. The van der Waals surface area contributed by atoms with Crippen molar-refractivity contribution in [1.29, 1.82) is 0 Å². The van der Waals surface area contributed by atoms with Gasteiger partial charge in [0.1, 0.15) is 0 Å². The Kier molecular flexibility index (Phi) is 3.18. The molecule has 0 bridgehead atoms. The molecule has 3 saturated carbocycles. The van der Waals surface area contributed by atoms with Crippen molar-refractivity contribution in [2.45, 2.75) is 72.3 Å². The van der Waals surface area contributed by atoms with Crippen LogP contribution in [-0.2, 0) is 0 Å². The number of aliphatic hydroxyl groups excluding tert-OH is 1. The van der Waals surface area contributed by atoms with E-state index in [0.29, 0.717) is 22.7 Å². The van der Waals surface area contributed by atoms with Gasteiger partial charge in [0.05, 0.1) is 6.10 Å². The minimum Gasteiger partial charge on any atom is -0.393 e. The molecule has 0 spiro atoms. The van der Waals surface area contributed by atoms with Crippen LogP contribution in [0.4, 0.5) is 0 Å². The summed E-state index contributed by atoms with van der Waals surface area (Å²) in [6, 6.07) is 0. The highest BCUT2D eigenvalue weighted by atomic mass is 16.3. The molecule has 0 aromatic rings. The first-order valence-corrected chi connectivity index (χ1v) is 8.57. The number of hydrogen-bond donors (Lipinski definition) is 1. The zero-order chi connectivity index (χ0) is 14.8. The molecule has 3 aliphatic carbocycles. The lowest BCUT2D eigenvalue weighted by Crippen LogP contribution is -2.57. The molecule has 0 heterocycles. The summed E-state index contributed by atoms with van der Waals surface area (Å²) >= 11 is 0. The van der Waals surface area contributed by atoms with Crippen LogP contribution < -0.4 is 0 Å². The monoisotopic (exact) mass is 276 g/mol. The average molecular weight is 276 g/mol. The fraction of sp³-hybridized carbons (Fsp3) is 0.895. The first-order chi connectivity index (χ1) is 9.26. The summed E-state index contributed by atoms with van der Waals surface area (Å²) in [6.45, 7) is 13.8. The summed E-state index contributed by atoms with van der Waals surface area (Å²) in [6.07, 6.45) is 9.64. The maximum absolute atomic E-state index is 10.5. The van der Waals surface area contributed by atoms with Crippen molar-refractivity contribution in [3.8, 4) is 0 Å². The minimum absolute atomic E-state index is 0.0839. The fourth-order valence-electron chi connectivity index (χ4n) is 6.74. The second-order valence-corrected chi connectivity index (χ2v) is 8.95. The van der Waals surface area contributed by atoms with Gasteiger partial charge in [-0.05, 0) is 72.5 Å². The maximum atomic E-state index is 10.5. The van der Waals surface area contributed by atoms with Crippen LogP contribution in [0.5, 0.6) is 0 Å². The Morgan fingerprint density at radius 3 is 2.20 bits per heavy atom. The molecule has 0 radical (unpaired) electrons. The molecule has 1 N–H and O–H groups in total. The standard InChI is InChI=1S/C19H32O/c1-6-13-7-8-15-18(13,4)11-9-14-17(2,3)16(20)10-12-19(14,15)5/h6,13-16,20H,1,7-12H2,2-5H3/t13?,14-,15-,16-,18-,19-/m1/s1. The Morgan fingerprint density at radius 2 is 1.55 bits per heavy atom. The molecule has 0 saturated heterocycles. The number of allylic oxidation sites excluding steroid dienone is 1. The zero-order valence-corrected chi connectivity index (χ0v) is 13.8. The third-order valence-corrected chi connectivity index (χ3v) is 7.97. The van der Waals surface area contributed by atoms with Gasteiger partial charge in [-0.3, -0.25) is 0 Å². The molecule has 0 aromatic heterocycles. The Bertz CT molecular complexity index is 412. The lowest BCUT2D eigenvalue weighted by Gasteiger charge is -2.62. The molecule has 6 atom stereocenters. The van der Waals surface area contributed by atoms with Crippen molar-refractivity contribution in [2.75, 3.05) is 0 Å². The first-order valence-electron chi connectivity index (χ1n) is 8.57. The van der Waals surface area contributed by atoms with Crippen LogP contribution in [-0.4, -0.2) is 11.2 Å². The van der Waals surface area contributed by atoms with Gasteiger partial charge in [0, 0.05) is 0 Å². The van der Waals surface area contributed by atoms with Crippen molar-refractivity contribution in [3.05, 3.63) is 12.7 Å². The highest BCUT2D eigenvalue weighted by molar-refractivity contribution is 5.14. The van der Waals surface area contributed by atoms with Crippen LogP contribution >= 0.6 is 0 Å². The number of fused-ring (bicyclic) bond motifs is 3. The summed E-state index contributed by atoms with van der Waals surface area (Å²) in [5.74, 6) is 2.21. The maximum Gasteiger partial charge on any atom is 0.0594 e. The van der Waals surface area contributed by atoms with Gasteiger partial charge < -0.3 is 5.11 Å². The Labute approximate surface area is 124 Å². The largest absolute Gasteiger partial charge is 0.393 e. The van der Waals surface area contributed by atoms with Gasteiger partial charge in [0.15, 0.2) is 0 Å². The molecular formula is C19H32O. The van der Waals surface area contributed by atoms with E-state index in [9.17, 15) is 5.11 Å². The van der Waals surface area contributed by atoms with Gasteiger partial charge >= 0.3 is 0 Å². The highest BCUT2D eigenvalue weighted by Crippen LogP contribution is 2.69. The van der Waals surface area contributed by atoms with Gasteiger partial charge in [-0.15, -0.1) is 6.58 Å². The number of aliphatic hydroxyl groups is 1. The van der Waals surface area contributed by atoms with Gasteiger partial charge in [0.25, 0.3) is 0 Å². The number of rotatable bonds is 1. The van der Waals surface area contributed by atoms with Crippen molar-refractivity contribution in [3.63, 3.8) is 0 Å². The number of hydrogen-bond acceptors (Lipinski definition) is 1. The van der Waals surface area contributed by atoms with Gasteiger partial charge in [-0.1, -0.05) is 33.8 Å². The van der Waals surface area contributed by atoms with Gasteiger partial charge in [-0.2, -0.15) is 0 Å². The molecule has 114 valence electrons. The van der Waals surface area contributed by atoms with E-state index in [-0.39, 0.29) is 11.5 Å². The predicted molar refractivity (Wildman–Crippen MR) is 84.4 cm³/mol. The summed E-state index contributed by atoms with van der Waals surface area (Å²) in [7, 11) is 0. The molecule has 1 heteroatoms. The minimum atomic E-state index is -0.110. The van der Waals surface area contributed by atoms with E-state index in [1.54, 1.807) is 0 Å². The summed E-state index contributed by atoms with van der Waals surface area (Å²) in [4.78, 5) is 0.